The average Bonchev–Trinajstić information content (AvgIpc) is 3.42. The fourth-order valence-corrected chi connectivity index (χ4v) is 5.88. The first-order valence-electron chi connectivity index (χ1n) is 13.8. The molecule has 0 atom stereocenters. The number of nitrogens with zero attached hydrogens (tertiary/aromatic N) is 2. The van der Waals surface area contributed by atoms with Crippen LogP contribution in [0.3, 0.4) is 0 Å². The highest BCUT2D eigenvalue weighted by Gasteiger charge is 2.16. The molecule has 3 amide bonds. The van der Waals surface area contributed by atoms with Crippen molar-refractivity contribution in [2.45, 2.75) is 11.8 Å². The van der Waals surface area contributed by atoms with E-state index in [0.29, 0.717) is 16.4 Å². The van der Waals surface area contributed by atoms with Crippen LogP contribution in [0.25, 0.3) is 16.3 Å². The van der Waals surface area contributed by atoms with Gasteiger partial charge in [0.15, 0.2) is 5.13 Å². The van der Waals surface area contributed by atoms with E-state index in [1.807, 2.05) is 80.5 Å². The summed E-state index contributed by atoms with van der Waals surface area (Å²) in [7, 11) is 3.90. The molecule has 5 rings (SSSR count). The zero-order valence-electron chi connectivity index (χ0n) is 24.5. The molecule has 222 valence electrons. The number of carbonyl (C=O) groups is 3. The maximum absolute atomic E-state index is 13.4. The van der Waals surface area contributed by atoms with Crippen molar-refractivity contribution in [2.75, 3.05) is 35.4 Å². The van der Waals surface area contributed by atoms with Gasteiger partial charge in [-0.3, -0.25) is 14.4 Å². The first-order valence-corrected chi connectivity index (χ1v) is 15.6. The van der Waals surface area contributed by atoms with Crippen LogP contribution in [-0.4, -0.2) is 42.6 Å². The van der Waals surface area contributed by atoms with Gasteiger partial charge in [0, 0.05) is 35.9 Å². The molecule has 0 bridgehead atoms. The summed E-state index contributed by atoms with van der Waals surface area (Å²) in [5.41, 5.74) is 4.89. The topological polar surface area (TPSA) is 103 Å². The minimum absolute atomic E-state index is 0.108. The Morgan fingerprint density at radius 3 is 2.32 bits per heavy atom. The Balaban J connectivity index is 1.22. The molecular formula is C34H31N5O3S2. The van der Waals surface area contributed by atoms with Gasteiger partial charge in [0.1, 0.15) is 5.70 Å². The third kappa shape index (κ3) is 8.12. The lowest BCUT2D eigenvalue weighted by atomic mass is 10.1. The summed E-state index contributed by atoms with van der Waals surface area (Å²) in [6.45, 7) is 2.02. The van der Waals surface area contributed by atoms with Crippen LogP contribution in [0.15, 0.2) is 108 Å². The van der Waals surface area contributed by atoms with Crippen LogP contribution in [0, 0.1) is 6.92 Å². The van der Waals surface area contributed by atoms with E-state index in [9.17, 15) is 14.4 Å². The molecule has 0 aliphatic heterocycles. The van der Waals surface area contributed by atoms with E-state index in [2.05, 4.69) is 27.0 Å². The number of amides is 3. The lowest BCUT2D eigenvalue weighted by Gasteiger charge is -2.13. The molecule has 4 aromatic carbocycles. The third-order valence-electron chi connectivity index (χ3n) is 6.52. The van der Waals surface area contributed by atoms with Crippen molar-refractivity contribution in [1.82, 2.24) is 10.3 Å². The van der Waals surface area contributed by atoms with Gasteiger partial charge in [0.05, 0.1) is 16.0 Å². The lowest BCUT2D eigenvalue weighted by Crippen LogP contribution is -2.30. The van der Waals surface area contributed by atoms with E-state index >= 15 is 0 Å². The van der Waals surface area contributed by atoms with Crippen molar-refractivity contribution in [3.63, 3.8) is 0 Å². The third-order valence-corrected chi connectivity index (χ3v) is 8.47. The number of fused-ring (bicyclic) bond motifs is 1. The Hall–Kier alpha value is -4.93. The largest absolute Gasteiger partial charge is 0.378 e. The molecule has 1 aromatic heterocycles. The number of hydrogen-bond acceptors (Lipinski definition) is 7. The van der Waals surface area contributed by atoms with E-state index in [1.165, 1.54) is 23.1 Å². The fourth-order valence-electron chi connectivity index (χ4n) is 4.20. The van der Waals surface area contributed by atoms with Gasteiger partial charge in [-0.15, -0.1) is 11.8 Å². The quantitative estimate of drug-likeness (QED) is 0.117. The van der Waals surface area contributed by atoms with Gasteiger partial charge < -0.3 is 20.9 Å². The van der Waals surface area contributed by atoms with Crippen molar-refractivity contribution in [3.8, 4) is 0 Å². The predicted octanol–water partition coefficient (Wildman–Crippen LogP) is 6.81. The van der Waals surface area contributed by atoms with Crippen LogP contribution < -0.4 is 20.9 Å². The van der Waals surface area contributed by atoms with Gasteiger partial charge in [-0.25, -0.2) is 4.98 Å². The summed E-state index contributed by atoms with van der Waals surface area (Å²) >= 11 is 2.83. The summed E-state index contributed by atoms with van der Waals surface area (Å²) < 4.78 is 1.03. The van der Waals surface area contributed by atoms with E-state index in [0.717, 1.165) is 31.9 Å². The molecule has 0 radical (unpaired) electrons. The molecule has 0 fully saturated rings. The average molecular weight is 622 g/mol. The maximum Gasteiger partial charge on any atom is 0.272 e. The van der Waals surface area contributed by atoms with E-state index in [-0.39, 0.29) is 23.3 Å². The first-order chi connectivity index (χ1) is 21.2. The second-order valence-corrected chi connectivity index (χ2v) is 12.2. The maximum atomic E-state index is 13.4. The molecule has 5 aromatic rings. The fraction of sp³-hybridized carbons (Fsp3) is 0.118. The van der Waals surface area contributed by atoms with Crippen LogP contribution in [0.4, 0.5) is 16.5 Å². The Bertz CT molecular complexity index is 1820. The Morgan fingerprint density at radius 2 is 1.61 bits per heavy atom. The predicted molar refractivity (Wildman–Crippen MR) is 181 cm³/mol. The van der Waals surface area contributed by atoms with Crippen LogP contribution in [-0.2, 0) is 9.59 Å². The van der Waals surface area contributed by atoms with E-state index in [4.69, 9.17) is 0 Å². The number of aromatic nitrogens is 1. The zero-order chi connectivity index (χ0) is 31.1. The van der Waals surface area contributed by atoms with Gasteiger partial charge >= 0.3 is 0 Å². The molecule has 0 saturated carbocycles. The molecule has 44 heavy (non-hydrogen) atoms. The van der Waals surface area contributed by atoms with E-state index < -0.39 is 5.91 Å². The highest BCUT2D eigenvalue weighted by Crippen LogP contribution is 2.27. The Kier molecular flexibility index (Phi) is 9.73. The number of thioether (sulfide) groups is 1. The normalized spacial score (nSPS) is 11.2. The first kappa shape index (κ1) is 30.5. The van der Waals surface area contributed by atoms with Crippen molar-refractivity contribution in [2.24, 2.45) is 0 Å². The van der Waals surface area contributed by atoms with Crippen molar-refractivity contribution >= 4 is 73.6 Å². The molecule has 0 aliphatic carbocycles. The van der Waals surface area contributed by atoms with Gasteiger partial charge in [-0.2, -0.15) is 0 Å². The summed E-state index contributed by atoms with van der Waals surface area (Å²) in [4.78, 5) is 46.1. The molecule has 0 aliphatic rings. The number of anilines is 3. The number of benzene rings is 4. The second-order valence-electron chi connectivity index (χ2n) is 10.2. The minimum atomic E-state index is -0.461. The number of carbonyl (C=O) groups excluding carboxylic acids is 3. The summed E-state index contributed by atoms with van der Waals surface area (Å²) in [6, 6.07) is 29.6. The Labute approximate surface area is 264 Å². The molecule has 0 unspecified atom stereocenters. The van der Waals surface area contributed by atoms with Gasteiger partial charge in [-0.05, 0) is 84.8 Å². The molecule has 3 N–H and O–H groups in total. The second kappa shape index (κ2) is 14.0. The van der Waals surface area contributed by atoms with Crippen molar-refractivity contribution < 1.29 is 14.4 Å². The number of aryl methyl sites for hydroxylation is 1. The SMILES string of the molecule is Cc1ccc2nc(NC(=O)CSc3ccc(NC(=O)/C(=C/c4ccc(N(C)C)cc4)NC(=O)c4ccccc4)cc3)sc2c1. The number of nitrogens with one attached hydrogen (secondary N) is 3. The van der Waals surface area contributed by atoms with Crippen LogP contribution in [0.5, 0.6) is 0 Å². The molecule has 10 heteroatoms. The molecule has 1 heterocycles. The van der Waals surface area contributed by atoms with Crippen molar-refractivity contribution in [3.05, 3.63) is 119 Å². The number of thiazole rings is 1. The van der Waals surface area contributed by atoms with Crippen LogP contribution in [0.1, 0.15) is 21.5 Å². The van der Waals surface area contributed by atoms with Gasteiger partial charge in [0.2, 0.25) is 5.91 Å². The molecule has 0 saturated heterocycles. The van der Waals surface area contributed by atoms with Gasteiger partial charge in [-0.1, -0.05) is 47.7 Å². The summed E-state index contributed by atoms with van der Waals surface area (Å²) in [6.07, 6.45) is 1.64. The van der Waals surface area contributed by atoms with Crippen LogP contribution >= 0.6 is 23.1 Å². The molecular weight excluding hydrogens is 591 g/mol. The highest BCUT2D eigenvalue weighted by atomic mass is 32.2. The number of hydrogen-bond donors (Lipinski definition) is 3. The zero-order valence-corrected chi connectivity index (χ0v) is 26.1. The van der Waals surface area contributed by atoms with Crippen molar-refractivity contribution in [1.29, 1.82) is 0 Å². The van der Waals surface area contributed by atoms with Crippen LogP contribution in [0.2, 0.25) is 0 Å². The van der Waals surface area contributed by atoms with Gasteiger partial charge in [0.25, 0.3) is 11.8 Å². The lowest BCUT2D eigenvalue weighted by molar-refractivity contribution is -0.114. The molecule has 8 nitrogen and oxygen atoms in total. The highest BCUT2D eigenvalue weighted by molar-refractivity contribution is 8.00. The Morgan fingerprint density at radius 1 is 0.886 bits per heavy atom. The standard InChI is InChI=1S/C34H31N5O3S2/c1-22-9-18-28-30(19-22)44-34(37-28)38-31(40)21-43-27-16-12-25(13-17-27)35-33(42)29(36-32(41)24-7-5-4-6-8-24)20-23-10-14-26(15-11-23)39(2)3/h4-20H,21H2,1-3H3,(H,35,42)(H,36,41)(H,37,38,40)/b29-20-. The molecule has 0 spiro atoms. The minimum Gasteiger partial charge on any atom is -0.378 e. The summed E-state index contributed by atoms with van der Waals surface area (Å²) in [5, 5.41) is 9.08. The monoisotopic (exact) mass is 621 g/mol. The smallest absolute Gasteiger partial charge is 0.272 e. The number of rotatable bonds is 10. The summed E-state index contributed by atoms with van der Waals surface area (Å²) in [5.74, 6) is -0.781. The van der Waals surface area contributed by atoms with E-state index in [1.54, 1.807) is 42.5 Å².